The van der Waals surface area contributed by atoms with Crippen LogP contribution in [0.25, 0.3) is 0 Å². The summed E-state index contributed by atoms with van der Waals surface area (Å²) in [6.45, 7) is 15.4. The van der Waals surface area contributed by atoms with Gasteiger partial charge in [0.25, 0.3) is 0 Å². The lowest BCUT2D eigenvalue weighted by atomic mass is 9.89. The third-order valence-corrected chi connectivity index (χ3v) is 4.63. The highest BCUT2D eigenvalue weighted by molar-refractivity contribution is 4.85. The Kier molecular flexibility index (Phi) is 8.01. The van der Waals surface area contributed by atoms with Crippen LogP contribution in [0.5, 0.6) is 0 Å². The monoisotopic (exact) mass is 268 g/mol. The molecular formula is C17H36N2. The first kappa shape index (κ1) is 17.0. The van der Waals surface area contributed by atoms with E-state index in [1.165, 1.54) is 51.7 Å². The van der Waals surface area contributed by atoms with Crippen LogP contribution in [0.2, 0.25) is 0 Å². The molecule has 1 N–H and O–H groups in total. The maximum Gasteiger partial charge on any atom is 0.0198 e. The summed E-state index contributed by atoms with van der Waals surface area (Å²) in [6, 6.07) is 1.46. The first-order valence-electron chi connectivity index (χ1n) is 8.54. The van der Waals surface area contributed by atoms with E-state index in [1.807, 2.05) is 0 Å². The molecule has 0 aromatic rings. The van der Waals surface area contributed by atoms with Gasteiger partial charge in [0, 0.05) is 25.2 Å². The fourth-order valence-electron chi connectivity index (χ4n) is 3.20. The molecule has 0 saturated carbocycles. The molecular weight excluding hydrogens is 232 g/mol. The summed E-state index contributed by atoms with van der Waals surface area (Å²) < 4.78 is 0. The topological polar surface area (TPSA) is 15.3 Å². The van der Waals surface area contributed by atoms with Crippen molar-refractivity contribution >= 4 is 0 Å². The molecule has 0 amide bonds. The van der Waals surface area contributed by atoms with Crippen molar-refractivity contribution in [1.82, 2.24) is 10.2 Å². The van der Waals surface area contributed by atoms with Gasteiger partial charge in [0.15, 0.2) is 0 Å². The van der Waals surface area contributed by atoms with Gasteiger partial charge < -0.3 is 5.32 Å². The van der Waals surface area contributed by atoms with Gasteiger partial charge in [-0.15, -0.1) is 0 Å². The smallest absolute Gasteiger partial charge is 0.0198 e. The Labute approximate surface area is 121 Å². The molecule has 1 aliphatic heterocycles. The summed E-state index contributed by atoms with van der Waals surface area (Å²) in [5.74, 6) is 1.72. The minimum Gasteiger partial charge on any atom is -0.313 e. The first-order chi connectivity index (χ1) is 9.06. The van der Waals surface area contributed by atoms with E-state index in [2.05, 4.69) is 44.8 Å². The molecule has 1 rings (SSSR count). The van der Waals surface area contributed by atoms with Crippen LogP contribution in [-0.4, -0.2) is 36.6 Å². The Hall–Kier alpha value is -0.0800. The average Bonchev–Trinajstić information content (AvgIpc) is 2.37. The zero-order valence-electron chi connectivity index (χ0n) is 13.9. The molecule has 19 heavy (non-hydrogen) atoms. The third kappa shape index (κ3) is 6.27. The predicted octanol–water partition coefficient (Wildman–Crippen LogP) is 3.91. The summed E-state index contributed by atoms with van der Waals surface area (Å²) in [4.78, 5) is 2.72. The molecule has 1 aliphatic rings. The Balaban J connectivity index is 2.45. The molecule has 3 unspecified atom stereocenters. The van der Waals surface area contributed by atoms with Gasteiger partial charge in [0.1, 0.15) is 0 Å². The van der Waals surface area contributed by atoms with Crippen molar-refractivity contribution in [2.75, 3.05) is 19.6 Å². The molecule has 1 heterocycles. The van der Waals surface area contributed by atoms with E-state index in [4.69, 9.17) is 0 Å². The van der Waals surface area contributed by atoms with Crippen LogP contribution in [0, 0.1) is 11.8 Å². The van der Waals surface area contributed by atoms with E-state index in [0.717, 1.165) is 23.9 Å². The molecule has 2 nitrogen and oxygen atoms in total. The highest BCUT2D eigenvalue weighted by Crippen LogP contribution is 2.23. The lowest BCUT2D eigenvalue weighted by Crippen LogP contribution is -2.52. The summed E-state index contributed by atoms with van der Waals surface area (Å²) in [6.07, 6.45) is 6.70. The number of hydrogen-bond acceptors (Lipinski definition) is 2. The van der Waals surface area contributed by atoms with Gasteiger partial charge in [-0.2, -0.15) is 0 Å². The first-order valence-corrected chi connectivity index (χ1v) is 8.54. The van der Waals surface area contributed by atoms with Gasteiger partial charge in [-0.05, 0) is 51.0 Å². The molecule has 0 bridgehead atoms. The van der Waals surface area contributed by atoms with Gasteiger partial charge in [-0.3, -0.25) is 4.90 Å². The van der Waals surface area contributed by atoms with Crippen LogP contribution in [0.1, 0.15) is 66.7 Å². The zero-order valence-corrected chi connectivity index (χ0v) is 13.9. The SMILES string of the molecule is CCCC1CC(NCCC(C)C)CN(C(C)CC)C1. The van der Waals surface area contributed by atoms with Gasteiger partial charge >= 0.3 is 0 Å². The minimum atomic E-state index is 0.720. The highest BCUT2D eigenvalue weighted by Gasteiger charge is 2.28. The lowest BCUT2D eigenvalue weighted by Gasteiger charge is -2.41. The second kappa shape index (κ2) is 8.97. The molecule has 0 radical (unpaired) electrons. The standard InChI is InChI=1S/C17H36N2/c1-6-8-16-11-17(18-10-9-14(3)4)13-19(12-16)15(5)7-2/h14-18H,6-13H2,1-5H3. The van der Waals surface area contributed by atoms with Crippen molar-refractivity contribution in [2.24, 2.45) is 11.8 Å². The van der Waals surface area contributed by atoms with Crippen molar-refractivity contribution in [1.29, 1.82) is 0 Å². The maximum absolute atomic E-state index is 3.81. The Morgan fingerprint density at radius 1 is 1.16 bits per heavy atom. The van der Waals surface area contributed by atoms with Crippen molar-refractivity contribution < 1.29 is 0 Å². The molecule has 0 aromatic carbocycles. The molecule has 0 aliphatic carbocycles. The minimum absolute atomic E-state index is 0.720. The van der Waals surface area contributed by atoms with Gasteiger partial charge in [0.05, 0.1) is 0 Å². The Morgan fingerprint density at radius 3 is 2.47 bits per heavy atom. The number of nitrogens with zero attached hydrogens (tertiary/aromatic N) is 1. The second-order valence-electron chi connectivity index (χ2n) is 6.94. The van der Waals surface area contributed by atoms with Crippen LogP contribution in [0.4, 0.5) is 0 Å². The van der Waals surface area contributed by atoms with E-state index in [1.54, 1.807) is 0 Å². The average molecular weight is 268 g/mol. The van der Waals surface area contributed by atoms with E-state index < -0.39 is 0 Å². The summed E-state index contributed by atoms with van der Waals surface area (Å²) in [5.41, 5.74) is 0. The van der Waals surface area contributed by atoms with Gasteiger partial charge in [0.2, 0.25) is 0 Å². The van der Waals surface area contributed by atoms with Crippen molar-refractivity contribution in [3.05, 3.63) is 0 Å². The van der Waals surface area contributed by atoms with Crippen LogP contribution >= 0.6 is 0 Å². The number of hydrogen-bond donors (Lipinski definition) is 1. The molecule has 3 atom stereocenters. The van der Waals surface area contributed by atoms with E-state index in [0.29, 0.717) is 0 Å². The van der Waals surface area contributed by atoms with Crippen LogP contribution in [-0.2, 0) is 0 Å². The van der Waals surface area contributed by atoms with E-state index >= 15 is 0 Å². The number of nitrogens with one attached hydrogen (secondary N) is 1. The van der Waals surface area contributed by atoms with Crippen molar-refractivity contribution in [3.63, 3.8) is 0 Å². The fourth-order valence-corrected chi connectivity index (χ4v) is 3.20. The third-order valence-electron chi connectivity index (χ3n) is 4.63. The zero-order chi connectivity index (χ0) is 14.3. The van der Waals surface area contributed by atoms with Gasteiger partial charge in [-0.25, -0.2) is 0 Å². The van der Waals surface area contributed by atoms with Crippen LogP contribution in [0.3, 0.4) is 0 Å². The van der Waals surface area contributed by atoms with Crippen LogP contribution < -0.4 is 5.32 Å². The normalized spacial score (nSPS) is 26.8. The summed E-state index contributed by atoms with van der Waals surface area (Å²) >= 11 is 0. The number of piperidine rings is 1. The summed E-state index contributed by atoms with van der Waals surface area (Å²) in [5, 5.41) is 3.81. The quantitative estimate of drug-likeness (QED) is 0.718. The highest BCUT2D eigenvalue weighted by atomic mass is 15.2. The predicted molar refractivity (Wildman–Crippen MR) is 85.6 cm³/mol. The maximum atomic E-state index is 3.81. The van der Waals surface area contributed by atoms with Crippen LogP contribution in [0.15, 0.2) is 0 Å². The molecule has 0 spiro atoms. The Morgan fingerprint density at radius 2 is 1.89 bits per heavy atom. The van der Waals surface area contributed by atoms with Crippen molar-refractivity contribution in [2.45, 2.75) is 78.8 Å². The lowest BCUT2D eigenvalue weighted by molar-refractivity contribution is 0.0977. The molecule has 1 fully saturated rings. The largest absolute Gasteiger partial charge is 0.313 e. The number of rotatable bonds is 8. The molecule has 1 saturated heterocycles. The summed E-state index contributed by atoms with van der Waals surface area (Å²) in [7, 11) is 0. The Bertz CT molecular complexity index is 227. The molecule has 2 heteroatoms. The van der Waals surface area contributed by atoms with E-state index in [9.17, 15) is 0 Å². The van der Waals surface area contributed by atoms with E-state index in [-0.39, 0.29) is 0 Å². The molecule has 114 valence electrons. The number of likely N-dealkylation sites (tertiary alicyclic amines) is 1. The fraction of sp³-hybridized carbons (Fsp3) is 1.00. The second-order valence-corrected chi connectivity index (χ2v) is 6.94. The molecule has 0 aromatic heterocycles. The van der Waals surface area contributed by atoms with Crippen molar-refractivity contribution in [3.8, 4) is 0 Å². The van der Waals surface area contributed by atoms with Gasteiger partial charge in [-0.1, -0.05) is 34.1 Å².